The highest BCUT2D eigenvalue weighted by atomic mass is 16.1. The Balaban J connectivity index is 2.31. The van der Waals surface area contributed by atoms with Gasteiger partial charge >= 0.3 is 0 Å². The molecule has 1 amide bonds. The Labute approximate surface area is 125 Å². The van der Waals surface area contributed by atoms with Gasteiger partial charge in [0.2, 0.25) is 0 Å². The molecule has 0 aliphatic rings. The van der Waals surface area contributed by atoms with E-state index < -0.39 is 0 Å². The maximum atomic E-state index is 12.4. The Hall–Kier alpha value is -2.57. The van der Waals surface area contributed by atoms with E-state index in [1.165, 1.54) is 0 Å². The molecule has 2 aromatic carbocycles. The van der Waals surface area contributed by atoms with Gasteiger partial charge in [-0.15, -0.1) is 0 Å². The van der Waals surface area contributed by atoms with Crippen LogP contribution in [0.4, 0.5) is 5.69 Å². The van der Waals surface area contributed by atoms with E-state index >= 15 is 0 Å². The van der Waals surface area contributed by atoms with Gasteiger partial charge in [0.05, 0.1) is 12.2 Å². The van der Waals surface area contributed by atoms with Gasteiger partial charge in [-0.2, -0.15) is 0 Å². The minimum absolute atomic E-state index is 0.132. The van der Waals surface area contributed by atoms with Crippen molar-refractivity contribution in [3.63, 3.8) is 0 Å². The van der Waals surface area contributed by atoms with Crippen LogP contribution in [0.15, 0.2) is 42.5 Å². The lowest BCUT2D eigenvalue weighted by molar-refractivity contribution is 0.102. The van der Waals surface area contributed by atoms with Gasteiger partial charge in [0.25, 0.3) is 5.91 Å². The molecular weight excluding hydrogens is 260 g/mol. The van der Waals surface area contributed by atoms with E-state index in [0.717, 1.165) is 16.7 Å². The van der Waals surface area contributed by atoms with Gasteiger partial charge in [0.1, 0.15) is 0 Å². The molecule has 0 bridgehead atoms. The van der Waals surface area contributed by atoms with Crippen LogP contribution in [0.2, 0.25) is 0 Å². The number of nitrogens with two attached hydrogens (primary N) is 1. The molecule has 2 rings (SSSR count). The first-order valence-corrected chi connectivity index (χ1v) is 6.78. The van der Waals surface area contributed by atoms with E-state index in [4.69, 9.17) is 5.73 Å². The first kappa shape index (κ1) is 14.8. The summed E-state index contributed by atoms with van der Waals surface area (Å²) < 4.78 is 0. The van der Waals surface area contributed by atoms with Gasteiger partial charge in [0, 0.05) is 11.1 Å². The third-order valence-corrected chi connectivity index (χ3v) is 3.14. The van der Waals surface area contributed by atoms with Crippen molar-refractivity contribution in [2.75, 3.05) is 11.9 Å². The summed E-state index contributed by atoms with van der Waals surface area (Å²) in [5.41, 5.74) is 9.59. The molecule has 0 radical (unpaired) electrons. The fourth-order valence-corrected chi connectivity index (χ4v) is 2.03. The third kappa shape index (κ3) is 3.71. The molecule has 0 aliphatic heterocycles. The summed E-state index contributed by atoms with van der Waals surface area (Å²) >= 11 is 0. The lowest BCUT2D eigenvalue weighted by Gasteiger charge is -2.10. The van der Waals surface area contributed by atoms with E-state index in [1.807, 2.05) is 56.3 Å². The lowest BCUT2D eigenvalue weighted by Crippen LogP contribution is -2.14. The average molecular weight is 278 g/mol. The summed E-state index contributed by atoms with van der Waals surface area (Å²) in [5, 5.41) is 2.92. The summed E-state index contributed by atoms with van der Waals surface area (Å²) in [5.74, 6) is 5.69. The van der Waals surface area contributed by atoms with Crippen molar-refractivity contribution in [3.8, 4) is 11.8 Å². The molecule has 21 heavy (non-hydrogen) atoms. The topological polar surface area (TPSA) is 55.1 Å². The molecule has 0 spiro atoms. The van der Waals surface area contributed by atoms with Gasteiger partial charge in [-0.1, -0.05) is 36.1 Å². The number of anilines is 1. The van der Waals surface area contributed by atoms with Crippen molar-refractivity contribution in [3.05, 3.63) is 64.7 Å². The van der Waals surface area contributed by atoms with Crippen molar-refractivity contribution >= 4 is 11.6 Å². The maximum absolute atomic E-state index is 12.4. The van der Waals surface area contributed by atoms with Crippen molar-refractivity contribution in [1.29, 1.82) is 0 Å². The van der Waals surface area contributed by atoms with Crippen LogP contribution in [0.25, 0.3) is 0 Å². The molecule has 0 aliphatic carbocycles. The van der Waals surface area contributed by atoms with E-state index in [0.29, 0.717) is 17.8 Å². The molecule has 0 aromatic heterocycles. The second kappa shape index (κ2) is 6.74. The molecule has 3 heteroatoms. The highest BCUT2D eigenvalue weighted by molar-refractivity contribution is 6.05. The summed E-state index contributed by atoms with van der Waals surface area (Å²) in [6.07, 6.45) is 0. The summed E-state index contributed by atoms with van der Waals surface area (Å²) in [4.78, 5) is 12.4. The molecule has 0 unspecified atom stereocenters. The molecule has 0 atom stereocenters. The number of carbonyl (C=O) groups is 1. The molecule has 0 saturated carbocycles. The Morgan fingerprint density at radius 1 is 1.19 bits per heavy atom. The molecule has 0 heterocycles. The summed E-state index contributed by atoms with van der Waals surface area (Å²) in [6.45, 7) is 4.19. The minimum atomic E-state index is -0.132. The fraction of sp³-hybridized carbons (Fsp3) is 0.167. The van der Waals surface area contributed by atoms with Gasteiger partial charge < -0.3 is 11.1 Å². The smallest absolute Gasteiger partial charge is 0.255 e. The van der Waals surface area contributed by atoms with Crippen LogP contribution in [0.5, 0.6) is 0 Å². The second-order valence-corrected chi connectivity index (χ2v) is 4.82. The molecule has 2 aromatic rings. The van der Waals surface area contributed by atoms with Crippen LogP contribution in [-0.4, -0.2) is 12.5 Å². The Bertz CT molecular complexity index is 723. The van der Waals surface area contributed by atoms with Gasteiger partial charge in [-0.25, -0.2) is 0 Å². The van der Waals surface area contributed by atoms with Gasteiger partial charge in [-0.3, -0.25) is 4.79 Å². The predicted molar refractivity (Wildman–Crippen MR) is 86.2 cm³/mol. The van der Waals surface area contributed by atoms with E-state index in [1.54, 1.807) is 0 Å². The quantitative estimate of drug-likeness (QED) is 0.830. The zero-order valence-electron chi connectivity index (χ0n) is 12.2. The highest BCUT2D eigenvalue weighted by Crippen LogP contribution is 2.18. The van der Waals surface area contributed by atoms with Crippen LogP contribution in [0.3, 0.4) is 0 Å². The first-order chi connectivity index (χ1) is 10.1. The number of benzene rings is 2. The first-order valence-electron chi connectivity index (χ1n) is 6.78. The minimum Gasteiger partial charge on any atom is -0.321 e. The second-order valence-electron chi connectivity index (χ2n) is 4.82. The molecular formula is C18H18N2O. The maximum Gasteiger partial charge on any atom is 0.255 e. The van der Waals surface area contributed by atoms with E-state index in [-0.39, 0.29) is 5.91 Å². The van der Waals surface area contributed by atoms with Crippen LogP contribution < -0.4 is 11.1 Å². The number of carbonyl (C=O) groups excluding carboxylic acids is 1. The standard InChI is InChI=1S/C18H18N2O/c1-13-9-10-17(15(12-13)7-5-11-19)20-18(21)16-8-4-3-6-14(16)2/h3-4,6,8-10,12H,11,19H2,1-2H3,(H,20,21). The number of hydrogen-bond donors (Lipinski definition) is 2. The van der Waals surface area contributed by atoms with Gasteiger partial charge in [0.15, 0.2) is 0 Å². The number of amides is 1. The zero-order chi connectivity index (χ0) is 15.2. The molecule has 3 N–H and O–H groups in total. The normalized spacial score (nSPS) is 9.67. The van der Waals surface area contributed by atoms with Crippen LogP contribution in [0.1, 0.15) is 27.0 Å². The lowest BCUT2D eigenvalue weighted by atomic mass is 10.1. The molecule has 106 valence electrons. The highest BCUT2D eigenvalue weighted by Gasteiger charge is 2.10. The van der Waals surface area contributed by atoms with Crippen LogP contribution in [0, 0.1) is 25.7 Å². The molecule has 0 fully saturated rings. The predicted octanol–water partition coefficient (Wildman–Crippen LogP) is 2.87. The largest absolute Gasteiger partial charge is 0.321 e. The van der Waals surface area contributed by atoms with Gasteiger partial charge in [-0.05, 0) is 43.2 Å². The SMILES string of the molecule is Cc1ccc(NC(=O)c2ccccc2C)c(C#CCN)c1. The zero-order valence-corrected chi connectivity index (χ0v) is 12.2. The van der Waals surface area contributed by atoms with Crippen LogP contribution >= 0.6 is 0 Å². The summed E-state index contributed by atoms with van der Waals surface area (Å²) in [6, 6.07) is 13.2. The monoisotopic (exact) mass is 278 g/mol. The third-order valence-electron chi connectivity index (χ3n) is 3.14. The van der Waals surface area contributed by atoms with Crippen molar-refractivity contribution < 1.29 is 4.79 Å². The van der Waals surface area contributed by atoms with E-state index in [2.05, 4.69) is 17.2 Å². The van der Waals surface area contributed by atoms with Crippen molar-refractivity contribution in [2.45, 2.75) is 13.8 Å². The Morgan fingerprint density at radius 2 is 1.95 bits per heavy atom. The molecule has 0 saturated heterocycles. The Kier molecular flexibility index (Phi) is 4.76. The average Bonchev–Trinajstić information content (AvgIpc) is 2.47. The van der Waals surface area contributed by atoms with Crippen molar-refractivity contribution in [1.82, 2.24) is 0 Å². The number of rotatable bonds is 2. The fourth-order valence-electron chi connectivity index (χ4n) is 2.03. The van der Waals surface area contributed by atoms with Crippen LogP contribution in [-0.2, 0) is 0 Å². The van der Waals surface area contributed by atoms with E-state index in [9.17, 15) is 4.79 Å². The number of aryl methyl sites for hydroxylation is 2. The summed E-state index contributed by atoms with van der Waals surface area (Å²) in [7, 11) is 0. The molecule has 3 nitrogen and oxygen atoms in total. The Morgan fingerprint density at radius 3 is 2.67 bits per heavy atom. The number of nitrogens with one attached hydrogen (secondary N) is 1. The van der Waals surface area contributed by atoms with Crippen molar-refractivity contribution in [2.24, 2.45) is 5.73 Å². The number of hydrogen-bond acceptors (Lipinski definition) is 2.